The van der Waals surface area contributed by atoms with Crippen molar-refractivity contribution in [1.82, 2.24) is 10.3 Å². The fraction of sp³-hybridized carbons (Fsp3) is 0.818. The largest absolute Gasteiger partial charge is 0.390 e. The van der Waals surface area contributed by atoms with Crippen LogP contribution in [0.25, 0.3) is 0 Å². The average Bonchev–Trinajstić information content (AvgIpc) is 2.98. The summed E-state index contributed by atoms with van der Waals surface area (Å²) >= 11 is 3.66. The molecular weight excluding hydrogens is 388 g/mol. The number of nitrogens with zero attached hydrogens (tertiary/aromatic N) is 1. The van der Waals surface area contributed by atoms with Crippen LogP contribution in [-0.2, 0) is 4.79 Å². The third-order valence-electron chi connectivity index (χ3n) is 7.59. The molecule has 1 heterocycles. The van der Waals surface area contributed by atoms with Crippen molar-refractivity contribution in [3.05, 3.63) is 11.1 Å². The molecule has 5 fully saturated rings. The SMILES string of the molecule is Cc1csc(SC2CCC(NC(=O)CC34CC5CC(CC(O)(C5)C3)C4)CC2)n1. The molecule has 5 saturated carbocycles. The summed E-state index contributed by atoms with van der Waals surface area (Å²) in [6.45, 7) is 2.05. The van der Waals surface area contributed by atoms with E-state index < -0.39 is 5.60 Å². The molecular formula is C22H32N2O2S2. The molecule has 5 aliphatic rings. The van der Waals surface area contributed by atoms with Crippen molar-refractivity contribution in [3.63, 3.8) is 0 Å². The highest BCUT2D eigenvalue weighted by Crippen LogP contribution is 2.62. The van der Waals surface area contributed by atoms with E-state index in [9.17, 15) is 9.90 Å². The van der Waals surface area contributed by atoms with E-state index in [1.54, 1.807) is 11.3 Å². The molecule has 4 bridgehead atoms. The Morgan fingerprint density at radius 2 is 1.96 bits per heavy atom. The molecule has 1 amide bonds. The highest BCUT2D eigenvalue weighted by Gasteiger charge is 2.57. The van der Waals surface area contributed by atoms with Crippen LogP contribution in [0.4, 0.5) is 0 Å². The van der Waals surface area contributed by atoms with Gasteiger partial charge in [-0.2, -0.15) is 0 Å². The number of thiazole rings is 1. The van der Waals surface area contributed by atoms with Gasteiger partial charge in [0.15, 0.2) is 0 Å². The Morgan fingerprint density at radius 1 is 1.25 bits per heavy atom. The molecule has 28 heavy (non-hydrogen) atoms. The van der Waals surface area contributed by atoms with Crippen molar-refractivity contribution < 1.29 is 9.90 Å². The van der Waals surface area contributed by atoms with Crippen molar-refractivity contribution in [2.45, 2.75) is 98.8 Å². The maximum Gasteiger partial charge on any atom is 0.220 e. The second-order valence-electron chi connectivity index (χ2n) is 10.3. The van der Waals surface area contributed by atoms with Crippen LogP contribution < -0.4 is 5.32 Å². The zero-order valence-electron chi connectivity index (χ0n) is 16.8. The van der Waals surface area contributed by atoms with Gasteiger partial charge in [0.1, 0.15) is 4.34 Å². The average molecular weight is 421 g/mol. The maximum absolute atomic E-state index is 12.9. The molecule has 2 N–H and O–H groups in total. The highest BCUT2D eigenvalue weighted by atomic mass is 32.2. The summed E-state index contributed by atoms with van der Waals surface area (Å²) in [7, 11) is 0. The fourth-order valence-corrected chi connectivity index (χ4v) is 9.37. The first-order valence-corrected chi connectivity index (χ1v) is 12.8. The van der Waals surface area contributed by atoms with E-state index in [4.69, 9.17) is 0 Å². The lowest BCUT2D eigenvalue weighted by Crippen LogP contribution is -2.56. The van der Waals surface area contributed by atoms with Crippen molar-refractivity contribution in [2.75, 3.05) is 0 Å². The fourth-order valence-electron chi connectivity index (χ4n) is 7.08. The van der Waals surface area contributed by atoms with Gasteiger partial charge in [0, 0.05) is 28.8 Å². The minimum Gasteiger partial charge on any atom is -0.390 e. The number of aryl methyl sites for hydroxylation is 1. The molecule has 2 unspecified atom stereocenters. The van der Waals surface area contributed by atoms with E-state index >= 15 is 0 Å². The number of hydrogen-bond acceptors (Lipinski definition) is 5. The second-order valence-corrected chi connectivity index (χ2v) is 12.7. The molecule has 0 aromatic carbocycles. The molecule has 154 valence electrons. The zero-order valence-corrected chi connectivity index (χ0v) is 18.4. The Bertz CT molecular complexity index is 727. The molecule has 1 aromatic heterocycles. The number of aromatic nitrogens is 1. The Labute approximate surface area is 176 Å². The van der Waals surface area contributed by atoms with E-state index in [0.29, 0.717) is 29.5 Å². The summed E-state index contributed by atoms with van der Waals surface area (Å²) in [4.78, 5) is 17.4. The monoisotopic (exact) mass is 420 g/mol. The summed E-state index contributed by atoms with van der Waals surface area (Å²) < 4.78 is 1.18. The van der Waals surface area contributed by atoms with Gasteiger partial charge in [-0.1, -0.05) is 11.8 Å². The molecule has 0 saturated heterocycles. The predicted octanol–water partition coefficient (Wildman–Crippen LogP) is 4.69. The van der Waals surface area contributed by atoms with E-state index in [2.05, 4.69) is 22.6 Å². The first kappa shape index (κ1) is 19.4. The minimum absolute atomic E-state index is 0.0820. The topological polar surface area (TPSA) is 62.2 Å². The number of carbonyl (C=O) groups excluding carboxylic acids is 1. The van der Waals surface area contributed by atoms with Gasteiger partial charge < -0.3 is 10.4 Å². The molecule has 5 aliphatic carbocycles. The lowest BCUT2D eigenvalue weighted by Gasteiger charge is -2.60. The number of hydrogen-bond donors (Lipinski definition) is 2. The predicted molar refractivity (Wildman–Crippen MR) is 114 cm³/mol. The Kier molecular flexibility index (Phi) is 5.04. The molecule has 2 atom stereocenters. The standard InChI is InChI=1S/C22H32N2O2S2/c1-14-12-27-20(23-14)28-18-4-2-17(3-5-18)24-19(25)11-21-7-15-6-16(8-21)10-22(26,9-15)13-21/h12,15-18,26H,2-11,13H2,1H3,(H,24,25). The summed E-state index contributed by atoms with van der Waals surface area (Å²) in [6, 6.07) is 0.333. The summed E-state index contributed by atoms with van der Waals surface area (Å²) in [5, 5.41) is 17.0. The van der Waals surface area contributed by atoms with Gasteiger partial charge in [0.25, 0.3) is 0 Å². The van der Waals surface area contributed by atoms with Crippen LogP contribution in [0, 0.1) is 24.2 Å². The van der Waals surface area contributed by atoms with Crippen LogP contribution in [0.1, 0.15) is 76.3 Å². The third kappa shape index (κ3) is 4.01. The van der Waals surface area contributed by atoms with Crippen molar-refractivity contribution in [2.24, 2.45) is 17.3 Å². The molecule has 6 rings (SSSR count). The molecule has 0 spiro atoms. The van der Waals surface area contributed by atoms with Gasteiger partial charge in [0.05, 0.1) is 5.60 Å². The van der Waals surface area contributed by atoms with Gasteiger partial charge in [-0.3, -0.25) is 4.79 Å². The molecule has 4 nitrogen and oxygen atoms in total. The molecule has 6 heteroatoms. The van der Waals surface area contributed by atoms with Crippen molar-refractivity contribution in [3.8, 4) is 0 Å². The Morgan fingerprint density at radius 3 is 2.57 bits per heavy atom. The number of aliphatic hydroxyl groups is 1. The summed E-state index contributed by atoms with van der Waals surface area (Å²) in [5.41, 5.74) is 0.731. The minimum atomic E-state index is -0.464. The molecule has 0 radical (unpaired) electrons. The van der Waals surface area contributed by atoms with Crippen LogP contribution in [0.5, 0.6) is 0 Å². The number of nitrogens with one attached hydrogen (secondary N) is 1. The number of thioether (sulfide) groups is 1. The van der Waals surface area contributed by atoms with Gasteiger partial charge >= 0.3 is 0 Å². The van der Waals surface area contributed by atoms with Crippen LogP contribution in [0.15, 0.2) is 9.72 Å². The van der Waals surface area contributed by atoms with E-state index in [0.717, 1.165) is 63.5 Å². The maximum atomic E-state index is 12.9. The number of amides is 1. The van der Waals surface area contributed by atoms with Crippen LogP contribution in [-0.4, -0.2) is 32.9 Å². The van der Waals surface area contributed by atoms with Crippen LogP contribution >= 0.6 is 23.1 Å². The van der Waals surface area contributed by atoms with Crippen molar-refractivity contribution >= 4 is 29.0 Å². The normalized spacial score (nSPS) is 41.9. The quantitative estimate of drug-likeness (QED) is 0.725. The summed E-state index contributed by atoms with van der Waals surface area (Å²) in [5.74, 6) is 1.54. The van der Waals surface area contributed by atoms with Crippen molar-refractivity contribution in [1.29, 1.82) is 0 Å². The lowest BCUT2D eigenvalue weighted by molar-refractivity contribution is -0.169. The van der Waals surface area contributed by atoms with E-state index in [1.165, 1.54) is 10.8 Å². The van der Waals surface area contributed by atoms with Gasteiger partial charge in [0.2, 0.25) is 5.91 Å². The van der Waals surface area contributed by atoms with Gasteiger partial charge in [-0.15, -0.1) is 11.3 Å². The smallest absolute Gasteiger partial charge is 0.220 e. The third-order valence-corrected chi connectivity index (χ3v) is 10.0. The Balaban J connectivity index is 1.11. The van der Waals surface area contributed by atoms with Crippen LogP contribution in [0.2, 0.25) is 0 Å². The molecule has 0 aliphatic heterocycles. The number of rotatable bonds is 5. The van der Waals surface area contributed by atoms with E-state index in [1.807, 2.05) is 11.8 Å². The first-order valence-electron chi connectivity index (χ1n) is 11.0. The van der Waals surface area contributed by atoms with Gasteiger partial charge in [-0.25, -0.2) is 4.98 Å². The van der Waals surface area contributed by atoms with Gasteiger partial charge in [-0.05, 0) is 88.4 Å². The van der Waals surface area contributed by atoms with Crippen LogP contribution in [0.3, 0.4) is 0 Å². The number of carbonyl (C=O) groups is 1. The van der Waals surface area contributed by atoms with E-state index in [-0.39, 0.29) is 11.3 Å². The lowest BCUT2D eigenvalue weighted by atomic mass is 9.47. The zero-order chi connectivity index (χ0) is 19.4. The first-order chi connectivity index (χ1) is 13.4. The summed E-state index contributed by atoms with van der Waals surface area (Å²) in [6.07, 6.45) is 11.5. The highest BCUT2D eigenvalue weighted by molar-refractivity contribution is 8.01. The second kappa shape index (κ2) is 7.28. The Hall–Kier alpha value is -0.590. The molecule has 1 aromatic rings.